The maximum absolute atomic E-state index is 8.73. The smallest absolute Gasteiger partial charge is 0.217 e. The van der Waals surface area contributed by atoms with Gasteiger partial charge in [-0.25, -0.2) is 4.68 Å². The molecule has 0 aliphatic rings. The van der Waals surface area contributed by atoms with Gasteiger partial charge in [0.25, 0.3) is 0 Å². The summed E-state index contributed by atoms with van der Waals surface area (Å²) in [7, 11) is 1.79. The Morgan fingerprint density at radius 3 is 2.71 bits per heavy atom. The van der Waals surface area contributed by atoms with Crippen molar-refractivity contribution < 1.29 is 4.74 Å². The van der Waals surface area contributed by atoms with Gasteiger partial charge in [-0.2, -0.15) is 10.4 Å². The molecule has 0 amide bonds. The van der Waals surface area contributed by atoms with Crippen LogP contribution in [0.4, 0.5) is 5.69 Å². The Bertz CT molecular complexity index is 595. The standard InChI is InChI=1S/C12H12N4O/c1-8-5-12(16(2)15-8)17-11-4-3-9(7-13)6-10(11)14/h3-6H,14H2,1-2H3. The Morgan fingerprint density at radius 2 is 2.18 bits per heavy atom. The van der Waals surface area contributed by atoms with E-state index in [0.29, 0.717) is 22.9 Å². The van der Waals surface area contributed by atoms with E-state index in [-0.39, 0.29) is 0 Å². The van der Waals surface area contributed by atoms with Crippen LogP contribution in [0.1, 0.15) is 11.3 Å². The molecule has 0 radical (unpaired) electrons. The molecule has 0 fully saturated rings. The average Bonchev–Trinajstić information content (AvgIpc) is 2.60. The number of hydrogen-bond donors (Lipinski definition) is 1. The van der Waals surface area contributed by atoms with Crippen LogP contribution in [0, 0.1) is 18.3 Å². The van der Waals surface area contributed by atoms with Gasteiger partial charge in [0, 0.05) is 13.1 Å². The van der Waals surface area contributed by atoms with Crippen molar-refractivity contribution in [1.82, 2.24) is 9.78 Å². The van der Waals surface area contributed by atoms with E-state index in [4.69, 9.17) is 15.7 Å². The lowest BCUT2D eigenvalue weighted by Crippen LogP contribution is -1.98. The first-order valence-corrected chi connectivity index (χ1v) is 5.08. The van der Waals surface area contributed by atoms with E-state index in [1.807, 2.05) is 19.1 Å². The monoisotopic (exact) mass is 228 g/mol. The van der Waals surface area contributed by atoms with Crippen molar-refractivity contribution >= 4 is 5.69 Å². The Kier molecular flexibility index (Phi) is 2.71. The molecule has 0 saturated carbocycles. The third-order valence-electron chi connectivity index (χ3n) is 2.31. The van der Waals surface area contributed by atoms with Gasteiger partial charge in [-0.3, -0.25) is 0 Å². The first kappa shape index (κ1) is 11.0. The summed E-state index contributed by atoms with van der Waals surface area (Å²) in [5.41, 5.74) is 7.61. The number of hydrogen-bond acceptors (Lipinski definition) is 4. The van der Waals surface area contributed by atoms with Crippen LogP contribution in [-0.2, 0) is 7.05 Å². The van der Waals surface area contributed by atoms with Gasteiger partial charge in [0.1, 0.15) is 0 Å². The maximum Gasteiger partial charge on any atom is 0.217 e. The summed E-state index contributed by atoms with van der Waals surface area (Å²) in [5.74, 6) is 1.13. The van der Waals surface area contributed by atoms with Gasteiger partial charge in [-0.1, -0.05) is 0 Å². The molecule has 5 heteroatoms. The molecule has 0 spiro atoms. The molecule has 0 atom stereocenters. The van der Waals surface area contributed by atoms with E-state index >= 15 is 0 Å². The highest BCUT2D eigenvalue weighted by atomic mass is 16.5. The molecule has 1 aromatic carbocycles. The Morgan fingerprint density at radius 1 is 1.41 bits per heavy atom. The molecule has 2 N–H and O–H groups in total. The van der Waals surface area contributed by atoms with Crippen molar-refractivity contribution in [2.45, 2.75) is 6.92 Å². The Balaban J connectivity index is 2.31. The van der Waals surface area contributed by atoms with Crippen LogP contribution >= 0.6 is 0 Å². The molecule has 0 aliphatic heterocycles. The number of benzene rings is 1. The highest BCUT2D eigenvalue weighted by Crippen LogP contribution is 2.28. The SMILES string of the molecule is Cc1cc(Oc2ccc(C#N)cc2N)n(C)n1. The van der Waals surface area contributed by atoms with E-state index < -0.39 is 0 Å². The van der Waals surface area contributed by atoms with E-state index in [0.717, 1.165) is 5.69 Å². The van der Waals surface area contributed by atoms with Gasteiger partial charge in [-0.05, 0) is 25.1 Å². The molecule has 86 valence electrons. The number of nitrogen functional groups attached to an aromatic ring is 1. The van der Waals surface area contributed by atoms with Gasteiger partial charge < -0.3 is 10.5 Å². The van der Waals surface area contributed by atoms with Crippen molar-refractivity contribution in [3.05, 3.63) is 35.5 Å². The minimum absolute atomic E-state index is 0.433. The van der Waals surface area contributed by atoms with Crippen LogP contribution in [-0.4, -0.2) is 9.78 Å². The highest BCUT2D eigenvalue weighted by molar-refractivity contribution is 5.57. The van der Waals surface area contributed by atoms with E-state index in [1.165, 1.54) is 0 Å². The fourth-order valence-electron chi connectivity index (χ4n) is 1.51. The van der Waals surface area contributed by atoms with Crippen LogP contribution < -0.4 is 10.5 Å². The molecule has 0 bridgehead atoms. The lowest BCUT2D eigenvalue weighted by molar-refractivity contribution is 0.432. The summed E-state index contributed by atoms with van der Waals surface area (Å²) in [6.07, 6.45) is 0. The molecule has 5 nitrogen and oxygen atoms in total. The van der Waals surface area contributed by atoms with Crippen LogP contribution in [0.3, 0.4) is 0 Å². The summed E-state index contributed by atoms with van der Waals surface area (Å²) in [6, 6.07) is 8.76. The summed E-state index contributed by atoms with van der Waals surface area (Å²) >= 11 is 0. The highest BCUT2D eigenvalue weighted by Gasteiger charge is 2.07. The Labute approximate surface area is 99.0 Å². The zero-order chi connectivity index (χ0) is 12.4. The van der Waals surface area contributed by atoms with E-state index in [1.54, 1.807) is 29.9 Å². The third kappa shape index (κ3) is 2.21. The number of anilines is 1. The van der Waals surface area contributed by atoms with E-state index in [2.05, 4.69) is 5.10 Å². The molecule has 1 heterocycles. The predicted molar refractivity (Wildman–Crippen MR) is 63.6 cm³/mol. The fraction of sp³-hybridized carbons (Fsp3) is 0.167. The largest absolute Gasteiger partial charge is 0.437 e. The summed E-state index contributed by atoms with van der Waals surface area (Å²) in [5, 5.41) is 12.9. The zero-order valence-corrected chi connectivity index (χ0v) is 9.64. The predicted octanol–water partition coefficient (Wildman–Crippen LogP) is 1.97. The number of aryl methyl sites for hydroxylation is 2. The zero-order valence-electron chi connectivity index (χ0n) is 9.64. The molecule has 0 unspecified atom stereocenters. The maximum atomic E-state index is 8.73. The number of ether oxygens (including phenoxy) is 1. The van der Waals surface area contributed by atoms with Gasteiger partial charge in [0.15, 0.2) is 5.75 Å². The van der Waals surface area contributed by atoms with Gasteiger partial charge in [0.2, 0.25) is 5.88 Å². The van der Waals surface area contributed by atoms with Crippen LogP contribution in [0.5, 0.6) is 11.6 Å². The lowest BCUT2D eigenvalue weighted by atomic mass is 10.2. The van der Waals surface area contributed by atoms with Gasteiger partial charge in [-0.15, -0.1) is 0 Å². The molecule has 1 aromatic heterocycles. The molecular weight excluding hydrogens is 216 g/mol. The average molecular weight is 228 g/mol. The second kappa shape index (κ2) is 4.18. The molecule has 2 rings (SSSR count). The van der Waals surface area contributed by atoms with Crippen LogP contribution in [0.15, 0.2) is 24.3 Å². The first-order chi connectivity index (χ1) is 8.10. The van der Waals surface area contributed by atoms with Gasteiger partial charge >= 0.3 is 0 Å². The number of nitrogens with two attached hydrogens (primary N) is 1. The first-order valence-electron chi connectivity index (χ1n) is 5.08. The second-order valence-corrected chi connectivity index (χ2v) is 3.71. The minimum Gasteiger partial charge on any atom is -0.437 e. The van der Waals surface area contributed by atoms with Crippen LogP contribution in [0.2, 0.25) is 0 Å². The quantitative estimate of drug-likeness (QED) is 0.797. The summed E-state index contributed by atoms with van der Waals surface area (Å²) < 4.78 is 7.26. The van der Waals surface area contributed by atoms with Crippen molar-refractivity contribution in [3.63, 3.8) is 0 Å². The molecular formula is C12H12N4O. The molecule has 17 heavy (non-hydrogen) atoms. The normalized spacial score (nSPS) is 9.94. The topological polar surface area (TPSA) is 76.9 Å². The summed E-state index contributed by atoms with van der Waals surface area (Å²) in [6.45, 7) is 1.88. The molecule has 2 aromatic rings. The number of nitrogens with zero attached hydrogens (tertiary/aromatic N) is 3. The number of rotatable bonds is 2. The summed E-state index contributed by atoms with van der Waals surface area (Å²) in [4.78, 5) is 0. The molecule has 0 aliphatic carbocycles. The number of aromatic nitrogens is 2. The van der Waals surface area contributed by atoms with Crippen molar-refractivity contribution in [1.29, 1.82) is 5.26 Å². The fourth-order valence-corrected chi connectivity index (χ4v) is 1.51. The second-order valence-electron chi connectivity index (χ2n) is 3.71. The lowest BCUT2D eigenvalue weighted by Gasteiger charge is -2.07. The Hall–Kier alpha value is -2.48. The van der Waals surface area contributed by atoms with Crippen molar-refractivity contribution in [2.75, 3.05) is 5.73 Å². The number of nitriles is 1. The van der Waals surface area contributed by atoms with Crippen molar-refractivity contribution in [2.24, 2.45) is 7.05 Å². The van der Waals surface area contributed by atoms with E-state index in [9.17, 15) is 0 Å². The van der Waals surface area contributed by atoms with Crippen LogP contribution in [0.25, 0.3) is 0 Å². The van der Waals surface area contributed by atoms with Crippen molar-refractivity contribution in [3.8, 4) is 17.7 Å². The minimum atomic E-state index is 0.433. The third-order valence-corrected chi connectivity index (χ3v) is 2.31. The molecule has 0 saturated heterocycles. The van der Waals surface area contributed by atoms with Gasteiger partial charge in [0.05, 0.1) is 23.0 Å².